The van der Waals surface area contributed by atoms with Crippen LogP contribution in [0.1, 0.15) is 374 Å². The van der Waals surface area contributed by atoms with Gasteiger partial charge in [0.2, 0.25) is 0 Å². The average molecular weight is 1070 g/mol. The van der Waals surface area contributed by atoms with Gasteiger partial charge < -0.3 is 14.2 Å². The molecule has 0 aromatic heterocycles. The van der Waals surface area contributed by atoms with Gasteiger partial charge in [-0.3, -0.25) is 14.4 Å². The summed E-state index contributed by atoms with van der Waals surface area (Å²) in [6.45, 7) is 6.57. The largest absolute Gasteiger partial charge is 0.462 e. The van der Waals surface area contributed by atoms with Gasteiger partial charge in [-0.05, 0) is 64.2 Å². The minimum atomic E-state index is -0.780. The molecule has 0 spiro atoms. The van der Waals surface area contributed by atoms with Gasteiger partial charge in [0.05, 0.1) is 0 Å². The van der Waals surface area contributed by atoms with E-state index in [2.05, 4.69) is 57.2 Å². The molecule has 0 radical (unpaired) electrons. The highest BCUT2D eigenvalue weighted by atomic mass is 16.6. The molecule has 1 unspecified atom stereocenters. The third kappa shape index (κ3) is 62.5. The van der Waals surface area contributed by atoms with Crippen molar-refractivity contribution in [3.8, 4) is 0 Å². The van der Waals surface area contributed by atoms with Crippen LogP contribution in [0.4, 0.5) is 0 Å². The summed E-state index contributed by atoms with van der Waals surface area (Å²) in [5, 5.41) is 0. The highest BCUT2D eigenvalue weighted by Gasteiger charge is 2.19. The number of ether oxygens (including phenoxy) is 3. The molecule has 0 aromatic rings. The van der Waals surface area contributed by atoms with E-state index < -0.39 is 6.10 Å². The summed E-state index contributed by atoms with van der Waals surface area (Å²) in [6.07, 6.45) is 80.7. The third-order valence-corrected chi connectivity index (χ3v) is 15.3. The van der Waals surface area contributed by atoms with Crippen LogP contribution in [-0.4, -0.2) is 37.2 Å². The van der Waals surface area contributed by atoms with Gasteiger partial charge in [0.25, 0.3) is 0 Å². The topological polar surface area (TPSA) is 78.9 Å². The molecule has 0 N–H and O–H groups in total. The molecule has 76 heavy (non-hydrogen) atoms. The van der Waals surface area contributed by atoms with Crippen LogP contribution in [0.15, 0.2) is 36.5 Å². The van der Waals surface area contributed by atoms with Crippen LogP contribution in [0.3, 0.4) is 0 Å². The summed E-state index contributed by atoms with van der Waals surface area (Å²) in [7, 11) is 0. The molecule has 0 saturated heterocycles. The van der Waals surface area contributed by atoms with Gasteiger partial charge in [-0.25, -0.2) is 0 Å². The Morgan fingerprint density at radius 1 is 0.263 bits per heavy atom. The lowest BCUT2D eigenvalue weighted by molar-refractivity contribution is -0.167. The molecule has 1 atom stereocenters. The van der Waals surface area contributed by atoms with Crippen LogP contribution in [0.25, 0.3) is 0 Å². The van der Waals surface area contributed by atoms with E-state index in [4.69, 9.17) is 14.2 Å². The molecule has 0 saturated carbocycles. The van der Waals surface area contributed by atoms with Crippen molar-refractivity contribution in [1.82, 2.24) is 0 Å². The highest BCUT2D eigenvalue weighted by Crippen LogP contribution is 2.19. The molecule has 0 aliphatic carbocycles. The van der Waals surface area contributed by atoms with E-state index in [-0.39, 0.29) is 31.1 Å². The normalized spacial score (nSPS) is 12.2. The van der Waals surface area contributed by atoms with Crippen LogP contribution in [-0.2, 0) is 28.6 Å². The summed E-state index contributed by atoms with van der Waals surface area (Å²) in [6, 6.07) is 0. The fourth-order valence-electron chi connectivity index (χ4n) is 10.2. The van der Waals surface area contributed by atoms with Gasteiger partial charge in [0.15, 0.2) is 6.10 Å². The van der Waals surface area contributed by atoms with Gasteiger partial charge in [0.1, 0.15) is 13.2 Å². The zero-order valence-corrected chi connectivity index (χ0v) is 51.3. The lowest BCUT2D eigenvalue weighted by atomic mass is 10.0. The molecule has 0 fully saturated rings. The minimum absolute atomic E-state index is 0.0771. The molecule has 0 aromatic carbocycles. The van der Waals surface area contributed by atoms with Gasteiger partial charge >= 0.3 is 17.9 Å². The molecule has 0 rings (SSSR count). The number of esters is 3. The Balaban J connectivity index is 3.98. The molecule has 0 aliphatic heterocycles. The first-order valence-electron chi connectivity index (χ1n) is 34.0. The minimum Gasteiger partial charge on any atom is -0.462 e. The van der Waals surface area contributed by atoms with Crippen LogP contribution < -0.4 is 0 Å². The third-order valence-electron chi connectivity index (χ3n) is 15.3. The van der Waals surface area contributed by atoms with Crippen molar-refractivity contribution >= 4 is 17.9 Å². The first-order chi connectivity index (χ1) is 37.5. The second-order valence-electron chi connectivity index (χ2n) is 23.1. The number of carbonyl (C=O) groups excluding carboxylic acids is 3. The van der Waals surface area contributed by atoms with E-state index in [9.17, 15) is 14.4 Å². The Hall–Kier alpha value is -2.37. The zero-order valence-electron chi connectivity index (χ0n) is 51.3. The van der Waals surface area contributed by atoms with Crippen molar-refractivity contribution in [2.75, 3.05) is 13.2 Å². The molecular formula is C70H130O6. The summed E-state index contributed by atoms with van der Waals surface area (Å²) in [5.41, 5.74) is 0. The number of allylic oxidation sites excluding steroid dienone is 6. The highest BCUT2D eigenvalue weighted by molar-refractivity contribution is 5.71. The van der Waals surface area contributed by atoms with Gasteiger partial charge in [-0.1, -0.05) is 327 Å². The Morgan fingerprint density at radius 2 is 0.513 bits per heavy atom. The van der Waals surface area contributed by atoms with Crippen molar-refractivity contribution in [2.24, 2.45) is 0 Å². The SMILES string of the molecule is CCC/C=C\CCCCCCCC(=O)OCC(COC(=O)CCCCCCCCCCCCCCCCCCCCCCCCCCCCCCCCCCCC)OC(=O)CCCCCCC/C=C\C/C=C\CCCC. The molecule has 6 nitrogen and oxygen atoms in total. The fraction of sp³-hybridized carbons (Fsp3) is 0.871. The Kier molecular flexibility index (Phi) is 63.1. The first-order valence-corrected chi connectivity index (χ1v) is 34.0. The first kappa shape index (κ1) is 73.6. The quantitative estimate of drug-likeness (QED) is 0.0261. The van der Waals surface area contributed by atoms with E-state index >= 15 is 0 Å². The monoisotopic (exact) mass is 1070 g/mol. The van der Waals surface area contributed by atoms with E-state index in [1.54, 1.807) is 0 Å². The van der Waals surface area contributed by atoms with E-state index in [0.29, 0.717) is 19.3 Å². The van der Waals surface area contributed by atoms with Crippen molar-refractivity contribution in [1.29, 1.82) is 0 Å². The van der Waals surface area contributed by atoms with E-state index in [1.807, 2.05) is 0 Å². The van der Waals surface area contributed by atoms with Crippen LogP contribution in [0.2, 0.25) is 0 Å². The molecule has 0 amide bonds. The maximum atomic E-state index is 12.8. The lowest BCUT2D eigenvalue weighted by Gasteiger charge is -2.18. The summed E-state index contributed by atoms with van der Waals surface area (Å²) in [5.74, 6) is -0.884. The summed E-state index contributed by atoms with van der Waals surface area (Å²) < 4.78 is 16.9. The smallest absolute Gasteiger partial charge is 0.306 e. The van der Waals surface area contributed by atoms with Gasteiger partial charge in [-0.15, -0.1) is 0 Å². The van der Waals surface area contributed by atoms with E-state index in [0.717, 1.165) is 96.3 Å². The van der Waals surface area contributed by atoms with Crippen molar-refractivity contribution < 1.29 is 28.6 Å². The van der Waals surface area contributed by atoms with Crippen LogP contribution in [0, 0.1) is 0 Å². The molecule has 446 valence electrons. The van der Waals surface area contributed by atoms with Crippen molar-refractivity contribution in [3.05, 3.63) is 36.5 Å². The van der Waals surface area contributed by atoms with Crippen molar-refractivity contribution in [2.45, 2.75) is 380 Å². The lowest BCUT2D eigenvalue weighted by Crippen LogP contribution is -2.30. The molecule has 0 heterocycles. The van der Waals surface area contributed by atoms with E-state index in [1.165, 1.54) is 238 Å². The standard InChI is InChI=1S/C70H130O6/c1-4-7-10-13-16-19-22-24-26-27-28-29-30-31-32-33-34-35-36-37-38-39-40-41-42-43-44-45-47-48-51-54-57-60-63-69(72)75-66-67(65-74-68(71)62-59-56-53-50-21-18-15-12-9-6-3)76-70(73)64-61-58-55-52-49-46-25-23-20-17-14-11-8-5-2/h12,14-15,17,23,25,67H,4-11,13,16,18-22,24,26-66H2,1-3H3/b15-12-,17-14-,25-23-. The van der Waals surface area contributed by atoms with Crippen LogP contribution in [0.5, 0.6) is 0 Å². The maximum Gasteiger partial charge on any atom is 0.306 e. The molecule has 0 bridgehead atoms. The molecular weight excluding hydrogens is 937 g/mol. The second kappa shape index (κ2) is 65.2. The number of hydrogen-bond acceptors (Lipinski definition) is 6. The summed E-state index contributed by atoms with van der Waals surface area (Å²) in [4.78, 5) is 38.1. The second-order valence-corrected chi connectivity index (χ2v) is 23.1. The van der Waals surface area contributed by atoms with Crippen LogP contribution >= 0.6 is 0 Å². The molecule has 6 heteroatoms. The Morgan fingerprint density at radius 3 is 0.829 bits per heavy atom. The number of rotatable bonds is 63. The number of hydrogen-bond donors (Lipinski definition) is 0. The van der Waals surface area contributed by atoms with Crippen molar-refractivity contribution in [3.63, 3.8) is 0 Å². The number of carbonyl (C=O) groups is 3. The van der Waals surface area contributed by atoms with Gasteiger partial charge in [0, 0.05) is 19.3 Å². The Bertz CT molecular complexity index is 1270. The fourth-order valence-corrected chi connectivity index (χ4v) is 10.2. The predicted molar refractivity (Wildman–Crippen MR) is 330 cm³/mol. The van der Waals surface area contributed by atoms with Gasteiger partial charge in [-0.2, -0.15) is 0 Å². The Labute approximate surface area is 474 Å². The average Bonchev–Trinajstić information content (AvgIpc) is 3.42. The summed E-state index contributed by atoms with van der Waals surface area (Å²) >= 11 is 0. The maximum absolute atomic E-state index is 12.8. The zero-order chi connectivity index (χ0) is 55.0. The predicted octanol–water partition coefficient (Wildman–Crippen LogP) is 23.2. The molecule has 0 aliphatic rings. The number of unbranched alkanes of at least 4 members (excludes halogenated alkanes) is 46.